The second kappa shape index (κ2) is 8.01. The number of benzene rings is 1. The molecule has 1 aromatic carbocycles. The van der Waals surface area contributed by atoms with Gasteiger partial charge in [0.1, 0.15) is 23.8 Å². The van der Waals surface area contributed by atoms with E-state index in [1.807, 2.05) is 19.9 Å². The van der Waals surface area contributed by atoms with E-state index in [0.29, 0.717) is 23.8 Å². The van der Waals surface area contributed by atoms with Gasteiger partial charge in [0.2, 0.25) is 0 Å². The molecule has 2 N–H and O–H groups in total. The van der Waals surface area contributed by atoms with Crippen molar-refractivity contribution >= 4 is 22.6 Å². The molecule has 2 aromatic rings. The fourth-order valence-corrected chi connectivity index (χ4v) is 2.92. The van der Waals surface area contributed by atoms with Crippen molar-refractivity contribution in [3.8, 4) is 22.8 Å². The highest BCUT2D eigenvalue weighted by molar-refractivity contribution is 14.1. The molecule has 23 heavy (non-hydrogen) atoms. The topological polar surface area (TPSA) is 75.7 Å². The molecule has 1 heterocycles. The van der Waals surface area contributed by atoms with Crippen LogP contribution in [0.5, 0.6) is 11.5 Å². The van der Waals surface area contributed by atoms with Gasteiger partial charge in [0.05, 0.1) is 10.2 Å². The van der Waals surface area contributed by atoms with Gasteiger partial charge < -0.3 is 19.5 Å². The number of aromatic nitrogens is 1. The van der Waals surface area contributed by atoms with E-state index in [2.05, 4.69) is 34.7 Å². The Morgan fingerprint density at radius 2 is 2.09 bits per heavy atom. The summed E-state index contributed by atoms with van der Waals surface area (Å²) in [6.45, 7) is 6.50. The second-order valence-corrected chi connectivity index (χ2v) is 6.77. The van der Waals surface area contributed by atoms with E-state index in [0.717, 1.165) is 27.5 Å². The first kappa shape index (κ1) is 18.1. The maximum Gasteiger partial charge on any atom is 0.176 e. The average Bonchev–Trinajstić information content (AvgIpc) is 2.88. The number of hydrogen-bond donors (Lipinski definition) is 2. The van der Waals surface area contributed by atoms with Crippen LogP contribution in [0.3, 0.4) is 0 Å². The maximum absolute atomic E-state index is 10.2. The van der Waals surface area contributed by atoms with E-state index < -0.39 is 0 Å². The first-order valence-electron chi connectivity index (χ1n) is 7.74. The number of aromatic hydroxyl groups is 1. The summed E-state index contributed by atoms with van der Waals surface area (Å²) in [6, 6.07) is 3.53. The van der Waals surface area contributed by atoms with E-state index in [-0.39, 0.29) is 18.3 Å². The molecule has 0 aliphatic carbocycles. The van der Waals surface area contributed by atoms with Gasteiger partial charge in [0.15, 0.2) is 5.76 Å². The van der Waals surface area contributed by atoms with Gasteiger partial charge in [-0.15, -0.1) is 0 Å². The highest BCUT2D eigenvalue weighted by atomic mass is 127. The van der Waals surface area contributed by atoms with Gasteiger partial charge in [-0.1, -0.05) is 32.3 Å². The SMILES string of the molecule is CCCCOc1cc(O)c(C(C)C)cc1-c1noc(CO)c1I. The quantitative estimate of drug-likeness (QED) is 0.501. The van der Waals surface area contributed by atoms with Gasteiger partial charge in [0.25, 0.3) is 0 Å². The Labute approximate surface area is 149 Å². The van der Waals surface area contributed by atoms with E-state index in [9.17, 15) is 10.2 Å². The molecular formula is C17H22INO4. The summed E-state index contributed by atoms with van der Waals surface area (Å²) in [6.07, 6.45) is 1.96. The Kier molecular flexibility index (Phi) is 6.29. The molecule has 0 spiro atoms. The Bertz CT molecular complexity index is 667. The van der Waals surface area contributed by atoms with Crippen LogP contribution >= 0.6 is 22.6 Å². The third-order valence-corrected chi connectivity index (χ3v) is 4.72. The normalized spacial score (nSPS) is 11.2. The number of aliphatic hydroxyl groups excluding tert-OH is 1. The molecular weight excluding hydrogens is 409 g/mol. The average molecular weight is 431 g/mol. The molecule has 0 atom stereocenters. The van der Waals surface area contributed by atoms with Crippen molar-refractivity contribution in [1.82, 2.24) is 5.16 Å². The summed E-state index contributed by atoms with van der Waals surface area (Å²) >= 11 is 2.10. The number of phenols is 1. The molecule has 0 fully saturated rings. The number of phenolic OH excluding ortho intramolecular Hbond substituents is 1. The van der Waals surface area contributed by atoms with E-state index in [1.54, 1.807) is 6.07 Å². The molecule has 0 saturated carbocycles. The van der Waals surface area contributed by atoms with Gasteiger partial charge in [-0.2, -0.15) is 0 Å². The summed E-state index contributed by atoms with van der Waals surface area (Å²) < 4.78 is 11.8. The van der Waals surface area contributed by atoms with Gasteiger partial charge in [-0.05, 0) is 46.6 Å². The molecule has 0 saturated heterocycles. The lowest BCUT2D eigenvalue weighted by Gasteiger charge is -2.15. The van der Waals surface area contributed by atoms with Crippen LogP contribution in [0.15, 0.2) is 16.7 Å². The monoisotopic (exact) mass is 431 g/mol. The van der Waals surface area contributed by atoms with Crippen molar-refractivity contribution in [3.63, 3.8) is 0 Å². The first-order chi connectivity index (χ1) is 11.0. The first-order valence-corrected chi connectivity index (χ1v) is 8.82. The van der Waals surface area contributed by atoms with Crippen molar-refractivity contribution in [2.24, 2.45) is 0 Å². The molecule has 0 bridgehead atoms. The van der Waals surface area contributed by atoms with Gasteiger partial charge in [-0.3, -0.25) is 0 Å². The third-order valence-electron chi connectivity index (χ3n) is 3.60. The number of hydrogen-bond acceptors (Lipinski definition) is 5. The maximum atomic E-state index is 10.2. The van der Waals surface area contributed by atoms with Crippen molar-refractivity contribution in [1.29, 1.82) is 0 Å². The van der Waals surface area contributed by atoms with Gasteiger partial charge >= 0.3 is 0 Å². The summed E-state index contributed by atoms with van der Waals surface area (Å²) in [5.41, 5.74) is 2.23. The Morgan fingerprint density at radius 1 is 1.35 bits per heavy atom. The fraction of sp³-hybridized carbons (Fsp3) is 0.471. The van der Waals surface area contributed by atoms with Crippen LogP contribution in [-0.2, 0) is 6.61 Å². The molecule has 0 aliphatic rings. The molecule has 0 aliphatic heterocycles. The molecule has 126 valence electrons. The highest BCUT2D eigenvalue weighted by Gasteiger charge is 2.21. The van der Waals surface area contributed by atoms with Crippen LogP contribution in [0.1, 0.15) is 50.9 Å². The van der Waals surface area contributed by atoms with Gasteiger partial charge in [0, 0.05) is 11.6 Å². The molecule has 6 heteroatoms. The zero-order valence-corrected chi connectivity index (χ0v) is 15.8. The molecule has 0 unspecified atom stereocenters. The van der Waals surface area contributed by atoms with Crippen LogP contribution in [-0.4, -0.2) is 22.0 Å². The van der Waals surface area contributed by atoms with Gasteiger partial charge in [-0.25, -0.2) is 0 Å². The molecule has 0 radical (unpaired) electrons. The second-order valence-electron chi connectivity index (χ2n) is 5.69. The summed E-state index contributed by atoms with van der Waals surface area (Å²) in [7, 11) is 0. The summed E-state index contributed by atoms with van der Waals surface area (Å²) in [5.74, 6) is 1.40. The van der Waals surface area contributed by atoms with Crippen molar-refractivity contribution in [2.45, 2.75) is 46.1 Å². The van der Waals surface area contributed by atoms with E-state index >= 15 is 0 Å². The Hall–Kier alpha value is -1.28. The number of ether oxygens (including phenoxy) is 1. The van der Waals surface area contributed by atoms with Crippen molar-refractivity contribution in [2.75, 3.05) is 6.61 Å². The van der Waals surface area contributed by atoms with Crippen LogP contribution in [0.4, 0.5) is 0 Å². The largest absolute Gasteiger partial charge is 0.508 e. The van der Waals surface area contributed by atoms with Crippen LogP contribution in [0.2, 0.25) is 0 Å². The summed E-state index contributed by atoms with van der Waals surface area (Å²) in [5, 5.41) is 23.6. The van der Waals surface area contributed by atoms with Crippen molar-refractivity contribution in [3.05, 3.63) is 27.0 Å². The standard InChI is InChI=1S/C17H22INO4/c1-4-5-6-22-14-8-13(21)11(10(2)3)7-12(14)17-16(18)15(9-20)23-19-17/h7-8,10,20-21H,4-6,9H2,1-3H3. The number of unbranched alkanes of at least 4 members (excludes halogenated alkanes) is 1. The lowest BCUT2D eigenvalue weighted by atomic mass is 9.97. The Morgan fingerprint density at radius 3 is 2.65 bits per heavy atom. The third kappa shape index (κ3) is 3.98. The molecule has 1 aromatic heterocycles. The van der Waals surface area contributed by atoms with E-state index in [4.69, 9.17) is 9.26 Å². The fourth-order valence-electron chi connectivity index (χ4n) is 2.26. The number of halogens is 1. The lowest BCUT2D eigenvalue weighted by molar-refractivity contribution is 0.228. The Balaban J connectivity index is 2.52. The molecule has 0 amide bonds. The van der Waals surface area contributed by atoms with Crippen LogP contribution < -0.4 is 4.74 Å². The smallest absolute Gasteiger partial charge is 0.176 e. The van der Waals surface area contributed by atoms with Crippen LogP contribution in [0.25, 0.3) is 11.3 Å². The molecule has 2 rings (SSSR count). The number of rotatable bonds is 7. The zero-order valence-electron chi connectivity index (χ0n) is 13.6. The predicted molar refractivity (Wildman–Crippen MR) is 96.7 cm³/mol. The predicted octanol–water partition coefficient (Wildman–Crippen LogP) is 4.45. The number of aliphatic hydroxyl groups is 1. The van der Waals surface area contributed by atoms with Crippen LogP contribution in [0, 0.1) is 3.57 Å². The minimum Gasteiger partial charge on any atom is -0.508 e. The molecule has 5 nitrogen and oxygen atoms in total. The summed E-state index contributed by atoms with van der Waals surface area (Å²) in [4.78, 5) is 0. The minimum atomic E-state index is -0.202. The lowest BCUT2D eigenvalue weighted by Crippen LogP contribution is -2.00. The minimum absolute atomic E-state index is 0.167. The number of nitrogens with zero attached hydrogens (tertiary/aromatic N) is 1. The van der Waals surface area contributed by atoms with Crippen molar-refractivity contribution < 1.29 is 19.5 Å². The highest BCUT2D eigenvalue weighted by Crippen LogP contribution is 2.40. The zero-order chi connectivity index (χ0) is 17.0. The van der Waals surface area contributed by atoms with E-state index in [1.165, 1.54) is 0 Å².